The van der Waals surface area contributed by atoms with Gasteiger partial charge in [0.2, 0.25) is 5.91 Å². The van der Waals surface area contributed by atoms with E-state index in [-0.39, 0.29) is 35.9 Å². The highest BCUT2D eigenvalue weighted by Gasteiger charge is 2.34. The molecule has 3 N–H and O–H groups in total. The van der Waals surface area contributed by atoms with Crippen molar-refractivity contribution in [2.24, 2.45) is 11.8 Å². The molecule has 3 atom stereocenters. The van der Waals surface area contributed by atoms with Crippen molar-refractivity contribution in [2.75, 3.05) is 13.2 Å². The van der Waals surface area contributed by atoms with Crippen LogP contribution in [0.2, 0.25) is 0 Å². The van der Waals surface area contributed by atoms with Gasteiger partial charge in [-0.3, -0.25) is 14.4 Å². The predicted octanol–water partition coefficient (Wildman–Crippen LogP) is 2.49. The molecule has 2 amide bonds. The Kier molecular flexibility index (Phi) is 7.48. The summed E-state index contributed by atoms with van der Waals surface area (Å²) in [7, 11) is 0. The van der Waals surface area contributed by atoms with E-state index < -0.39 is 12.1 Å². The molecule has 1 aliphatic carbocycles. The number of carbonyl (C=O) groups is 3. The quantitative estimate of drug-likeness (QED) is 0.661. The van der Waals surface area contributed by atoms with E-state index in [1.54, 1.807) is 13.0 Å². The van der Waals surface area contributed by atoms with Gasteiger partial charge in [-0.05, 0) is 43.0 Å². The molecule has 7 heteroatoms. The number of nitrogens with one attached hydrogen (secondary N) is 2. The molecular weight excluding hydrogens is 384 g/mol. The first-order chi connectivity index (χ1) is 14.3. The lowest BCUT2D eigenvalue weighted by atomic mass is 9.84. The number of ether oxygens (including phenoxy) is 1. The molecule has 0 bridgehead atoms. The number of aromatic hydroxyl groups is 1. The van der Waals surface area contributed by atoms with Crippen LogP contribution >= 0.6 is 0 Å². The number of carbonyl (C=O) groups excluding carboxylic acids is 3. The number of ketones is 1. The summed E-state index contributed by atoms with van der Waals surface area (Å²) in [5.74, 6) is -0.439. The fraction of sp³-hybridized carbons (Fsp3) is 0.609. The summed E-state index contributed by atoms with van der Waals surface area (Å²) in [6.07, 6.45) is 6.13. The molecule has 2 fully saturated rings. The van der Waals surface area contributed by atoms with E-state index in [9.17, 15) is 19.5 Å². The lowest BCUT2D eigenvalue weighted by Gasteiger charge is -2.31. The van der Waals surface area contributed by atoms with E-state index in [4.69, 9.17) is 4.74 Å². The summed E-state index contributed by atoms with van der Waals surface area (Å²) >= 11 is 0. The lowest BCUT2D eigenvalue weighted by molar-refractivity contribution is -0.137. The first-order valence-electron chi connectivity index (χ1n) is 10.9. The third kappa shape index (κ3) is 5.59. The molecule has 0 spiro atoms. The average molecular weight is 417 g/mol. The number of amides is 2. The number of phenols is 1. The van der Waals surface area contributed by atoms with Crippen LogP contribution in [0.15, 0.2) is 18.2 Å². The van der Waals surface area contributed by atoms with Crippen LogP contribution < -0.4 is 10.6 Å². The highest BCUT2D eigenvalue weighted by atomic mass is 16.5. The zero-order valence-corrected chi connectivity index (χ0v) is 17.8. The van der Waals surface area contributed by atoms with Gasteiger partial charge in [0.1, 0.15) is 18.4 Å². The number of benzene rings is 1. The van der Waals surface area contributed by atoms with Gasteiger partial charge in [-0.25, -0.2) is 0 Å². The van der Waals surface area contributed by atoms with E-state index in [1.807, 2.05) is 6.92 Å². The van der Waals surface area contributed by atoms with Crippen molar-refractivity contribution in [3.8, 4) is 5.75 Å². The molecule has 30 heavy (non-hydrogen) atoms. The van der Waals surface area contributed by atoms with Crippen molar-refractivity contribution >= 4 is 17.6 Å². The molecule has 1 aromatic carbocycles. The van der Waals surface area contributed by atoms with Gasteiger partial charge in [-0.1, -0.05) is 39.0 Å². The van der Waals surface area contributed by atoms with E-state index in [0.717, 1.165) is 25.7 Å². The maximum absolute atomic E-state index is 13.1. The van der Waals surface area contributed by atoms with Gasteiger partial charge < -0.3 is 20.5 Å². The van der Waals surface area contributed by atoms with Gasteiger partial charge in [0.05, 0.1) is 12.6 Å². The topological polar surface area (TPSA) is 105 Å². The number of aryl methyl sites for hydroxylation is 1. The molecule has 2 aliphatic rings. The Labute approximate surface area is 177 Å². The van der Waals surface area contributed by atoms with Crippen LogP contribution in [0.1, 0.15) is 61.4 Å². The molecule has 2 unspecified atom stereocenters. The molecular formula is C23H32N2O5. The number of phenolic OH excluding ortho intramolecular Hbond substituents is 1. The van der Waals surface area contributed by atoms with Gasteiger partial charge in [-0.2, -0.15) is 0 Å². The Morgan fingerprint density at radius 2 is 1.97 bits per heavy atom. The zero-order chi connectivity index (χ0) is 21.7. The second kappa shape index (κ2) is 10.1. The van der Waals surface area contributed by atoms with Gasteiger partial charge in [0, 0.05) is 11.5 Å². The second-order valence-corrected chi connectivity index (χ2v) is 8.71. The minimum absolute atomic E-state index is 0.00171. The molecule has 1 aromatic rings. The summed E-state index contributed by atoms with van der Waals surface area (Å²) in [6.45, 7) is 4.01. The van der Waals surface area contributed by atoms with Crippen LogP contribution in [0, 0.1) is 18.8 Å². The molecule has 3 rings (SSSR count). The maximum Gasteiger partial charge on any atom is 0.251 e. The molecule has 1 saturated heterocycles. The molecule has 7 nitrogen and oxygen atoms in total. The molecule has 164 valence electrons. The van der Waals surface area contributed by atoms with Crippen molar-refractivity contribution in [1.82, 2.24) is 10.6 Å². The van der Waals surface area contributed by atoms with Gasteiger partial charge in [0.15, 0.2) is 5.78 Å². The standard InChI is InChI=1S/C23H32N2O5/c1-14-10-17(8-9-19(14)26)22(28)24-18(11-16-6-4-3-5-7-16)23(29)25-21-15(2)12-30-13-20(21)27/h8-10,15-16,18,21,26H,3-7,11-13H2,1-2H3,(H,24,28)(H,25,29)/t15?,18-,21?/m0/s1. The van der Waals surface area contributed by atoms with Crippen LogP contribution in [0.5, 0.6) is 5.75 Å². The Bertz CT molecular complexity index is 788. The van der Waals surface area contributed by atoms with Crippen molar-refractivity contribution < 1.29 is 24.2 Å². The first-order valence-corrected chi connectivity index (χ1v) is 10.9. The van der Waals surface area contributed by atoms with Crippen LogP contribution in [0.4, 0.5) is 0 Å². The largest absolute Gasteiger partial charge is 0.508 e. The first kappa shape index (κ1) is 22.3. The predicted molar refractivity (Wildman–Crippen MR) is 112 cm³/mol. The molecule has 0 radical (unpaired) electrons. The smallest absolute Gasteiger partial charge is 0.251 e. The highest BCUT2D eigenvalue weighted by Crippen LogP contribution is 2.28. The Hall–Kier alpha value is -2.41. The molecule has 1 aliphatic heterocycles. The van der Waals surface area contributed by atoms with Crippen molar-refractivity contribution in [3.63, 3.8) is 0 Å². The average Bonchev–Trinajstić information content (AvgIpc) is 2.73. The van der Waals surface area contributed by atoms with E-state index in [2.05, 4.69) is 10.6 Å². The summed E-state index contributed by atoms with van der Waals surface area (Å²) in [6, 6.07) is 3.32. The Balaban J connectivity index is 1.73. The second-order valence-electron chi connectivity index (χ2n) is 8.71. The lowest BCUT2D eigenvalue weighted by Crippen LogP contribution is -2.56. The molecule has 1 heterocycles. The van der Waals surface area contributed by atoms with Gasteiger partial charge >= 0.3 is 0 Å². The fourth-order valence-corrected chi connectivity index (χ4v) is 4.35. The van der Waals surface area contributed by atoms with Crippen molar-refractivity contribution in [2.45, 2.75) is 64.5 Å². The monoisotopic (exact) mass is 416 g/mol. The SMILES string of the molecule is Cc1cc(C(=O)N[C@@H](CC2CCCCC2)C(=O)NC2C(=O)COCC2C)ccc1O. The number of rotatable bonds is 6. The Morgan fingerprint density at radius 3 is 2.63 bits per heavy atom. The van der Waals surface area contributed by atoms with Crippen LogP contribution in [-0.4, -0.2) is 48.0 Å². The van der Waals surface area contributed by atoms with Gasteiger partial charge in [-0.15, -0.1) is 0 Å². The van der Waals surface area contributed by atoms with Crippen molar-refractivity contribution in [3.05, 3.63) is 29.3 Å². The van der Waals surface area contributed by atoms with Crippen LogP contribution in [-0.2, 0) is 14.3 Å². The minimum atomic E-state index is -0.711. The summed E-state index contributed by atoms with van der Waals surface area (Å²) in [5.41, 5.74) is 0.986. The van der Waals surface area contributed by atoms with Gasteiger partial charge in [0.25, 0.3) is 5.91 Å². The number of hydrogen-bond acceptors (Lipinski definition) is 5. The third-order valence-corrected chi connectivity index (χ3v) is 6.21. The molecule has 0 aromatic heterocycles. The normalized spacial score (nSPS) is 23.6. The summed E-state index contributed by atoms with van der Waals surface area (Å²) < 4.78 is 5.24. The highest BCUT2D eigenvalue weighted by molar-refractivity contribution is 5.99. The number of hydrogen-bond donors (Lipinski definition) is 3. The van der Waals surface area contributed by atoms with E-state index in [1.165, 1.54) is 18.6 Å². The number of Topliss-reactive ketones (excluding diaryl/α,β-unsaturated/α-hetero) is 1. The minimum Gasteiger partial charge on any atom is -0.508 e. The van der Waals surface area contributed by atoms with E-state index in [0.29, 0.717) is 30.1 Å². The summed E-state index contributed by atoms with van der Waals surface area (Å²) in [5, 5.41) is 15.4. The summed E-state index contributed by atoms with van der Waals surface area (Å²) in [4.78, 5) is 38.1. The van der Waals surface area contributed by atoms with E-state index >= 15 is 0 Å². The fourth-order valence-electron chi connectivity index (χ4n) is 4.35. The Morgan fingerprint density at radius 1 is 1.23 bits per heavy atom. The van der Waals surface area contributed by atoms with Crippen molar-refractivity contribution in [1.29, 1.82) is 0 Å². The zero-order valence-electron chi connectivity index (χ0n) is 17.8. The third-order valence-electron chi connectivity index (χ3n) is 6.21. The van der Waals surface area contributed by atoms with Crippen LogP contribution in [0.25, 0.3) is 0 Å². The maximum atomic E-state index is 13.1. The van der Waals surface area contributed by atoms with Crippen LogP contribution in [0.3, 0.4) is 0 Å². The molecule has 1 saturated carbocycles.